The van der Waals surface area contributed by atoms with Crippen LogP contribution >= 0.6 is 0 Å². The third kappa shape index (κ3) is 1.56. The van der Waals surface area contributed by atoms with Crippen molar-refractivity contribution in [2.24, 2.45) is 0 Å². The van der Waals surface area contributed by atoms with E-state index in [-0.39, 0.29) is 11.6 Å². The van der Waals surface area contributed by atoms with Crippen LogP contribution in [0.5, 0.6) is 0 Å². The first-order valence-corrected chi connectivity index (χ1v) is 5.33. The molecule has 0 aliphatic carbocycles. The van der Waals surface area contributed by atoms with Crippen molar-refractivity contribution in [1.29, 1.82) is 0 Å². The molecule has 0 amide bonds. The average Bonchev–Trinajstić information content (AvgIpc) is 2.66. The number of H-pyrrole nitrogens is 2. The fourth-order valence-electron chi connectivity index (χ4n) is 1.87. The second-order valence-corrected chi connectivity index (χ2v) is 3.87. The van der Waals surface area contributed by atoms with Gasteiger partial charge in [-0.3, -0.25) is 14.3 Å². The lowest BCUT2D eigenvalue weighted by Crippen LogP contribution is -2.37. The summed E-state index contributed by atoms with van der Waals surface area (Å²) in [5, 5.41) is 0. The Bertz CT molecular complexity index is 607. The number of hydrogen-bond donors (Lipinski definition) is 2. The fourth-order valence-corrected chi connectivity index (χ4v) is 1.87. The molecule has 1 atom stereocenters. The van der Waals surface area contributed by atoms with Crippen LogP contribution in [0.25, 0.3) is 11.2 Å². The van der Waals surface area contributed by atoms with Crippen LogP contribution in [0.4, 0.5) is 0 Å². The van der Waals surface area contributed by atoms with Crippen molar-refractivity contribution < 1.29 is 0 Å². The highest BCUT2D eigenvalue weighted by atomic mass is 16.2. The minimum absolute atomic E-state index is 0.103. The smallest absolute Gasteiger partial charge is 0.330 e. The molecule has 2 rings (SSSR count). The number of aromatic nitrogens is 4. The summed E-state index contributed by atoms with van der Waals surface area (Å²) in [6, 6.07) is -0.103. The number of aromatic amines is 2. The highest BCUT2D eigenvalue weighted by Gasteiger charge is 2.13. The van der Waals surface area contributed by atoms with Gasteiger partial charge in [0, 0.05) is 6.04 Å². The van der Waals surface area contributed by atoms with Crippen LogP contribution in [0.3, 0.4) is 0 Å². The Morgan fingerprint density at radius 3 is 2.94 bits per heavy atom. The summed E-state index contributed by atoms with van der Waals surface area (Å²) in [4.78, 5) is 32.9. The van der Waals surface area contributed by atoms with Crippen LogP contribution in [0.2, 0.25) is 0 Å². The number of nitrogens with one attached hydrogen (secondary N) is 2. The Balaban J connectivity index is 2.69. The third-order valence-corrected chi connectivity index (χ3v) is 2.66. The van der Waals surface area contributed by atoms with Gasteiger partial charge in [0.1, 0.15) is 5.52 Å². The summed E-state index contributed by atoms with van der Waals surface area (Å²) in [6.07, 6.45) is 3.12. The number of hydrogen-bond acceptors (Lipinski definition) is 3. The Hall–Kier alpha value is -1.85. The maximum Gasteiger partial charge on any atom is 0.330 e. The first-order chi connectivity index (χ1) is 7.65. The lowest BCUT2D eigenvalue weighted by molar-refractivity contribution is 0.469. The minimum atomic E-state index is -0.398. The molecule has 1 unspecified atom stereocenters. The van der Waals surface area contributed by atoms with Gasteiger partial charge < -0.3 is 4.98 Å². The Labute approximate surface area is 91.3 Å². The first-order valence-electron chi connectivity index (χ1n) is 5.33. The third-order valence-electron chi connectivity index (χ3n) is 2.66. The standard InChI is InChI=1S/C10H14N4O2/c1-3-4-6(2)14-9(15)7-8(12-5-11-7)13-10(14)16/h5-6H,3-4H2,1-2H3,(H,11,12)(H,13,16). The second-order valence-electron chi connectivity index (χ2n) is 3.87. The molecule has 16 heavy (non-hydrogen) atoms. The molecule has 0 aliphatic rings. The van der Waals surface area contributed by atoms with E-state index in [1.807, 2.05) is 13.8 Å². The van der Waals surface area contributed by atoms with Gasteiger partial charge in [-0.1, -0.05) is 13.3 Å². The van der Waals surface area contributed by atoms with Gasteiger partial charge in [-0.05, 0) is 13.3 Å². The van der Waals surface area contributed by atoms with Crippen LogP contribution in [0.15, 0.2) is 15.9 Å². The predicted octanol–water partition coefficient (Wildman–Crippen LogP) is 0.774. The molecule has 0 aliphatic heterocycles. The summed E-state index contributed by atoms with van der Waals surface area (Å²) in [6.45, 7) is 3.88. The van der Waals surface area contributed by atoms with E-state index in [2.05, 4.69) is 15.0 Å². The molecule has 6 nitrogen and oxygen atoms in total. The normalized spacial score (nSPS) is 13.1. The van der Waals surface area contributed by atoms with Gasteiger partial charge in [-0.25, -0.2) is 9.78 Å². The van der Waals surface area contributed by atoms with Crippen LogP contribution < -0.4 is 11.2 Å². The molecule has 86 valence electrons. The second kappa shape index (κ2) is 3.96. The van der Waals surface area contributed by atoms with Crippen LogP contribution in [-0.2, 0) is 0 Å². The van der Waals surface area contributed by atoms with E-state index < -0.39 is 5.69 Å². The summed E-state index contributed by atoms with van der Waals surface area (Å²) < 4.78 is 1.24. The topological polar surface area (TPSA) is 83.5 Å². The molecular formula is C10H14N4O2. The van der Waals surface area contributed by atoms with E-state index in [0.717, 1.165) is 12.8 Å². The SMILES string of the molecule is CCCC(C)n1c(=O)[nH]c2nc[nH]c2c1=O. The van der Waals surface area contributed by atoms with Crippen molar-refractivity contribution in [3.8, 4) is 0 Å². The molecular weight excluding hydrogens is 208 g/mol. The molecule has 0 saturated carbocycles. The molecule has 0 spiro atoms. The largest absolute Gasteiger partial charge is 0.339 e. The summed E-state index contributed by atoms with van der Waals surface area (Å²) in [5.74, 6) is 0. The van der Waals surface area contributed by atoms with E-state index in [1.165, 1.54) is 10.9 Å². The van der Waals surface area contributed by atoms with Crippen molar-refractivity contribution >= 4 is 11.2 Å². The average molecular weight is 222 g/mol. The van der Waals surface area contributed by atoms with Gasteiger partial charge >= 0.3 is 5.69 Å². The van der Waals surface area contributed by atoms with Gasteiger partial charge in [-0.15, -0.1) is 0 Å². The molecule has 2 heterocycles. The van der Waals surface area contributed by atoms with Gasteiger partial charge in [0.2, 0.25) is 0 Å². The summed E-state index contributed by atoms with van der Waals surface area (Å²) in [7, 11) is 0. The highest BCUT2D eigenvalue weighted by molar-refractivity contribution is 5.67. The van der Waals surface area contributed by atoms with Crippen LogP contribution in [0, 0.1) is 0 Å². The number of imidazole rings is 1. The predicted molar refractivity (Wildman–Crippen MR) is 60.6 cm³/mol. The minimum Gasteiger partial charge on any atom is -0.339 e. The number of nitrogens with zero attached hydrogens (tertiary/aromatic N) is 2. The van der Waals surface area contributed by atoms with Crippen molar-refractivity contribution in [3.05, 3.63) is 27.2 Å². The monoisotopic (exact) mass is 222 g/mol. The number of fused-ring (bicyclic) bond motifs is 1. The summed E-state index contributed by atoms with van der Waals surface area (Å²) in [5.41, 5.74) is -0.0414. The van der Waals surface area contributed by atoms with Crippen molar-refractivity contribution in [3.63, 3.8) is 0 Å². The van der Waals surface area contributed by atoms with Gasteiger partial charge in [0.15, 0.2) is 5.65 Å². The zero-order valence-electron chi connectivity index (χ0n) is 9.28. The zero-order chi connectivity index (χ0) is 11.7. The molecule has 0 bridgehead atoms. The quantitative estimate of drug-likeness (QED) is 0.804. The molecule has 0 aromatic carbocycles. The lowest BCUT2D eigenvalue weighted by atomic mass is 10.2. The first kappa shape index (κ1) is 10.7. The van der Waals surface area contributed by atoms with E-state index in [9.17, 15) is 9.59 Å². The Morgan fingerprint density at radius 1 is 1.50 bits per heavy atom. The Kier molecular flexibility index (Phi) is 2.64. The van der Waals surface area contributed by atoms with Gasteiger partial charge in [-0.2, -0.15) is 0 Å². The van der Waals surface area contributed by atoms with Crippen molar-refractivity contribution in [1.82, 2.24) is 19.5 Å². The van der Waals surface area contributed by atoms with E-state index in [4.69, 9.17) is 0 Å². The van der Waals surface area contributed by atoms with E-state index in [1.54, 1.807) is 0 Å². The molecule has 0 saturated heterocycles. The maximum absolute atomic E-state index is 12.0. The lowest BCUT2D eigenvalue weighted by Gasteiger charge is -2.12. The Morgan fingerprint density at radius 2 is 2.25 bits per heavy atom. The van der Waals surface area contributed by atoms with Crippen molar-refractivity contribution in [2.45, 2.75) is 32.7 Å². The maximum atomic E-state index is 12.0. The van der Waals surface area contributed by atoms with Crippen molar-refractivity contribution in [2.75, 3.05) is 0 Å². The van der Waals surface area contributed by atoms with Gasteiger partial charge in [0.05, 0.1) is 6.33 Å². The molecule has 0 fully saturated rings. The highest BCUT2D eigenvalue weighted by Crippen LogP contribution is 2.08. The van der Waals surface area contributed by atoms with Crippen LogP contribution in [0.1, 0.15) is 32.7 Å². The summed E-state index contributed by atoms with van der Waals surface area (Å²) >= 11 is 0. The number of rotatable bonds is 3. The molecule has 6 heteroatoms. The van der Waals surface area contributed by atoms with Crippen LogP contribution in [-0.4, -0.2) is 19.5 Å². The van der Waals surface area contributed by atoms with Gasteiger partial charge in [0.25, 0.3) is 5.56 Å². The molecule has 2 aromatic rings. The molecule has 0 radical (unpaired) electrons. The molecule has 2 N–H and O–H groups in total. The molecule has 2 aromatic heterocycles. The fraction of sp³-hybridized carbons (Fsp3) is 0.500. The van der Waals surface area contributed by atoms with E-state index >= 15 is 0 Å². The zero-order valence-corrected chi connectivity index (χ0v) is 9.28. The van der Waals surface area contributed by atoms with E-state index in [0.29, 0.717) is 11.2 Å².